The van der Waals surface area contributed by atoms with Crippen LogP contribution >= 0.6 is 12.2 Å². The van der Waals surface area contributed by atoms with Crippen LogP contribution in [0, 0.1) is 5.92 Å². The van der Waals surface area contributed by atoms with Gasteiger partial charge < -0.3 is 15.5 Å². The zero-order valence-corrected chi connectivity index (χ0v) is 11.6. The van der Waals surface area contributed by atoms with Crippen molar-refractivity contribution in [2.45, 2.75) is 39.7 Å². The number of nitrogens with one attached hydrogen (secondary N) is 2. The molecule has 2 N–H and O–H groups in total. The third-order valence-corrected chi connectivity index (χ3v) is 3.22. The highest BCUT2D eigenvalue weighted by atomic mass is 32.1. The highest BCUT2D eigenvalue weighted by molar-refractivity contribution is 7.80. The van der Waals surface area contributed by atoms with Gasteiger partial charge in [0.15, 0.2) is 5.11 Å². The summed E-state index contributed by atoms with van der Waals surface area (Å²) < 4.78 is 0. The molecule has 1 saturated heterocycles. The molecule has 0 saturated carbocycles. The van der Waals surface area contributed by atoms with E-state index < -0.39 is 0 Å². The van der Waals surface area contributed by atoms with Crippen LogP contribution in [0.15, 0.2) is 0 Å². The van der Waals surface area contributed by atoms with Gasteiger partial charge in [-0.15, -0.1) is 0 Å². The monoisotopic (exact) mass is 243 g/mol. The first kappa shape index (κ1) is 13.7. The molecular weight excluding hydrogens is 218 g/mol. The van der Waals surface area contributed by atoms with Crippen LogP contribution in [0.1, 0.15) is 33.6 Å². The maximum absolute atomic E-state index is 5.29. The Balaban J connectivity index is 2.22. The Morgan fingerprint density at radius 1 is 1.50 bits per heavy atom. The number of likely N-dealkylation sites (N-methyl/N-ethyl adjacent to an activating group) is 1. The first-order valence-electron chi connectivity index (χ1n) is 6.38. The van der Waals surface area contributed by atoms with Gasteiger partial charge in [-0.25, -0.2) is 0 Å². The van der Waals surface area contributed by atoms with Crippen molar-refractivity contribution in [3.63, 3.8) is 0 Å². The van der Waals surface area contributed by atoms with Crippen LogP contribution < -0.4 is 10.6 Å². The second kappa shape index (κ2) is 7.07. The van der Waals surface area contributed by atoms with Gasteiger partial charge in [-0.1, -0.05) is 20.8 Å². The molecule has 4 heteroatoms. The zero-order chi connectivity index (χ0) is 12.0. The van der Waals surface area contributed by atoms with Crippen LogP contribution in [0.3, 0.4) is 0 Å². The summed E-state index contributed by atoms with van der Waals surface area (Å²) in [6.45, 7) is 11.1. The number of thiocarbonyl (C=S) groups is 1. The molecule has 1 unspecified atom stereocenters. The predicted octanol–water partition coefficient (Wildman–Crippen LogP) is 1.59. The average molecular weight is 243 g/mol. The number of hydrogen-bond acceptors (Lipinski definition) is 2. The SMILES string of the molecule is CCN1CCCC(NC(=S)NCC(C)C)C1. The molecule has 0 spiro atoms. The van der Waals surface area contributed by atoms with Crippen molar-refractivity contribution in [3.8, 4) is 0 Å². The fraction of sp³-hybridized carbons (Fsp3) is 0.917. The zero-order valence-electron chi connectivity index (χ0n) is 10.8. The minimum Gasteiger partial charge on any atom is -0.362 e. The van der Waals surface area contributed by atoms with Gasteiger partial charge in [0.05, 0.1) is 0 Å². The summed E-state index contributed by atoms with van der Waals surface area (Å²) in [4.78, 5) is 2.48. The molecule has 0 aliphatic carbocycles. The summed E-state index contributed by atoms with van der Waals surface area (Å²) in [5.74, 6) is 0.637. The Morgan fingerprint density at radius 2 is 2.25 bits per heavy atom. The fourth-order valence-electron chi connectivity index (χ4n) is 1.99. The Kier molecular flexibility index (Phi) is 6.06. The lowest BCUT2D eigenvalue weighted by Gasteiger charge is -2.33. The maximum atomic E-state index is 5.29. The van der Waals surface area contributed by atoms with E-state index in [1.165, 1.54) is 19.4 Å². The van der Waals surface area contributed by atoms with E-state index in [0.717, 1.165) is 24.7 Å². The quantitative estimate of drug-likeness (QED) is 0.733. The van der Waals surface area contributed by atoms with Gasteiger partial charge in [-0.2, -0.15) is 0 Å². The summed E-state index contributed by atoms with van der Waals surface area (Å²) in [7, 11) is 0. The lowest BCUT2D eigenvalue weighted by Crippen LogP contribution is -2.50. The molecule has 1 fully saturated rings. The second-order valence-corrected chi connectivity index (χ2v) is 5.39. The van der Waals surface area contributed by atoms with Crippen LogP contribution in [0.2, 0.25) is 0 Å². The van der Waals surface area contributed by atoms with Crippen LogP contribution in [0.4, 0.5) is 0 Å². The number of likely N-dealkylation sites (tertiary alicyclic amines) is 1. The van der Waals surface area contributed by atoms with Crippen molar-refractivity contribution >= 4 is 17.3 Å². The maximum Gasteiger partial charge on any atom is 0.166 e. The second-order valence-electron chi connectivity index (χ2n) is 4.98. The number of hydrogen-bond donors (Lipinski definition) is 2. The summed E-state index contributed by atoms with van der Waals surface area (Å²) in [5, 5.41) is 7.50. The molecule has 3 nitrogen and oxygen atoms in total. The molecule has 1 aliphatic heterocycles. The molecule has 16 heavy (non-hydrogen) atoms. The molecule has 1 heterocycles. The van der Waals surface area contributed by atoms with E-state index in [9.17, 15) is 0 Å². The van der Waals surface area contributed by atoms with E-state index >= 15 is 0 Å². The van der Waals surface area contributed by atoms with Crippen molar-refractivity contribution < 1.29 is 0 Å². The molecular formula is C12H25N3S. The van der Waals surface area contributed by atoms with E-state index in [-0.39, 0.29) is 0 Å². The third kappa shape index (κ3) is 5.12. The Labute approximate surface area is 105 Å². The smallest absolute Gasteiger partial charge is 0.166 e. The standard InChI is InChI=1S/C12H25N3S/c1-4-15-7-5-6-11(9-15)14-12(16)13-8-10(2)3/h10-11H,4-9H2,1-3H3,(H2,13,14,16). The molecule has 1 rings (SSSR count). The van der Waals surface area contributed by atoms with Crippen LogP contribution in [0.25, 0.3) is 0 Å². The van der Waals surface area contributed by atoms with E-state index in [2.05, 4.69) is 36.3 Å². The minimum absolute atomic E-state index is 0.529. The predicted molar refractivity (Wildman–Crippen MR) is 73.7 cm³/mol. The molecule has 94 valence electrons. The fourth-order valence-corrected chi connectivity index (χ4v) is 2.24. The molecule has 0 radical (unpaired) electrons. The minimum atomic E-state index is 0.529. The first-order chi connectivity index (χ1) is 7.61. The first-order valence-corrected chi connectivity index (χ1v) is 6.79. The molecule has 0 aromatic rings. The van der Waals surface area contributed by atoms with E-state index in [4.69, 9.17) is 12.2 Å². The largest absolute Gasteiger partial charge is 0.362 e. The highest BCUT2D eigenvalue weighted by Crippen LogP contribution is 2.09. The van der Waals surface area contributed by atoms with Gasteiger partial charge in [-0.05, 0) is 44.1 Å². The summed E-state index contributed by atoms with van der Waals surface area (Å²) in [6, 6.07) is 0.529. The van der Waals surface area contributed by atoms with Gasteiger partial charge in [-0.3, -0.25) is 0 Å². The van der Waals surface area contributed by atoms with E-state index in [0.29, 0.717) is 12.0 Å². The summed E-state index contributed by atoms with van der Waals surface area (Å²) >= 11 is 5.29. The molecule has 0 aromatic heterocycles. The number of rotatable bonds is 4. The van der Waals surface area contributed by atoms with Gasteiger partial charge in [0.2, 0.25) is 0 Å². The Bertz CT molecular complexity index is 218. The van der Waals surface area contributed by atoms with Gasteiger partial charge >= 0.3 is 0 Å². The average Bonchev–Trinajstić information content (AvgIpc) is 2.26. The highest BCUT2D eigenvalue weighted by Gasteiger charge is 2.18. The number of piperidine rings is 1. The normalized spacial score (nSPS) is 22.1. The summed E-state index contributed by atoms with van der Waals surface area (Å²) in [5.41, 5.74) is 0. The Hall–Kier alpha value is -0.350. The van der Waals surface area contributed by atoms with Gasteiger partial charge in [0.25, 0.3) is 0 Å². The lowest BCUT2D eigenvalue weighted by molar-refractivity contribution is 0.210. The lowest BCUT2D eigenvalue weighted by atomic mass is 10.1. The molecule has 1 aliphatic rings. The third-order valence-electron chi connectivity index (χ3n) is 2.96. The molecule has 0 amide bonds. The molecule has 0 bridgehead atoms. The van der Waals surface area contributed by atoms with E-state index in [1.54, 1.807) is 0 Å². The Morgan fingerprint density at radius 3 is 2.88 bits per heavy atom. The van der Waals surface area contributed by atoms with Crippen molar-refractivity contribution in [1.82, 2.24) is 15.5 Å². The molecule has 1 atom stereocenters. The van der Waals surface area contributed by atoms with Crippen LogP contribution in [0.5, 0.6) is 0 Å². The van der Waals surface area contributed by atoms with Crippen molar-refractivity contribution in [1.29, 1.82) is 0 Å². The topological polar surface area (TPSA) is 27.3 Å². The van der Waals surface area contributed by atoms with E-state index in [1.807, 2.05) is 0 Å². The van der Waals surface area contributed by atoms with Crippen molar-refractivity contribution in [3.05, 3.63) is 0 Å². The van der Waals surface area contributed by atoms with Crippen molar-refractivity contribution in [2.24, 2.45) is 5.92 Å². The van der Waals surface area contributed by atoms with Gasteiger partial charge in [0.1, 0.15) is 0 Å². The number of nitrogens with zero attached hydrogens (tertiary/aromatic N) is 1. The van der Waals surface area contributed by atoms with Crippen LogP contribution in [-0.2, 0) is 0 Å². The van der Waals surface area contributed by atoms with Crippen LogP contribution in [-0.4, -0.2) is 42.2 Å². The van der Waals surface area contributed by atoms with Crippen molar-refractivity contribution in [2.75, 3.05) is 26.2 Å². The van der Waals surface area contributed by atoms with Gasteiger partial charge in [0, 0.05) is 19.1 Å². The molecule has 0 aromatic carbocycles. The summed E-state index contributed by atoms with van der Waals surface area (Å²) in [6.07, 6.45) is 2.51.